The fourth-order valence-electron chi connectivity index (χ4n) is 12.1. The topological polar surface area (TPSA) is 339 Å². The van der Waals surface area contributed by atoms with Gasteiger partial charge in [0.2, 0.25) is 0 Å². The number of anilines is 2. The summed E-state index contributed by atoms with van der Waals surface area (Å²) in [6.07, 6.45) is 10.1. The van der Waals surface area contributed by atoms with Gasteiger partial charge in [-0.2, -0.15) is 10.2 Å². The third-order valence-corrected chi connectivity index (χ3v) is 18.3. The summed E-state index contributed by atoms with van der Waals surface area (Å²) in [5, 5.41) is 47.6. The number of aryl methyl sites for hydroxylation is 4. The third kappa shape index (κ3) is 19.1. The van der Waals surface area contributed by atoms with E-state index in [9.17, 15) is 28.8 Å². The van der Waals surface area contributed by atoms with Crippen molar-refractivity contribution in [2.45, 2.75) is 118 Å². The SMILES string of the molecule is CCc1nc2c(cnn2CC)c(NC2CCOCC2)c1CNC(=O)c1cccc(C(=O)NCc2ccc(OC)c(-c3cccc(C=O)c3)c2)n1.CCc1nc2c(cnn2CC)c(NC2CCOCC2)c1CNC(=O)c1cccc(C(=O)NCc2ccc(OC)c(Br)c2)n1.O=Cc1cccc(B(O)O)c1. The van der Waals surface area contributed by atoms with Crippen molar-refractivity contribution in [1.29, 1.82) is 0 Å². The molecule has 10 aromatic rings. The lowest BCUT2D eigenvalue weighted by molar-refractivity contribution is 0.0903. The zero-order valence-corrected chi connectivity index (χ0v) is 60.4. The summed E-state index contributed by atoms with van der Waals surface area (Å²) in [7, 11) is 1.68. The molecule has 2 fully saturated rings. The first kappa shape index (κ1) is 75.9. The molecule has 8 heterocycles. The molecule has 0 atom stereocenters. The number of hydrogen-bond donors (Lipinski definition) is 8. The van der Waals surface area contributed by atoms with Gasteiger partial charge in [0, 0.05) is 117 Å². The Kier molecular flexibility index (Phi) is 26.9. The first-order valence-corrected chi connectivity index (χ1v) is 35.3. The number of carbonyl (C=O) groups is 6. The van der Waals surface area contributed by atoms with Crippen LogP contribution in [-0.2, 0) is 61.6 Å². The molecule has 28 heteroatoms. The van der Waals surface area contributed by atoms with Crippen LogP contribution in [0.1, 0.15) is 150 Å². The molecule has 0 spiro atoms. The van der Waals surface area contributed by atoms with E-state index in [1.54, 1.807) is 74.9 Å². The molecule has 0 radical (unpaired) electrons. The number of nitrogens with zero attached hydrogens (tertiary/aromatic N) is 8. The standard InChI is InChI=1S/C38H41N7O5.C31H36BrN7O4.C7H7BO3/c1-4-31-29(35(42-27-14-16-50-17-15-27)30-22-41-45(5-2)36(30)44-31)21-40-38(48)33-11-7-10-32(43-33)37(47)39-20-24-12-13-34(49-3)28(19-24)26-9-6-8-25(18-26)23-46;1-4-24-21(28(36-20-11-13-43-14-12-20)22-18-35-39(5-2)29(22)38-24)17-34-31(41)26-8-6-7-25(37-26)30(40)33-16-19-9-10-27(42-3)23(32)15-19;9-5-6-2-1-3-7(4-6)8(10)11/h6-13,18-19,22-23,27H,4-5,14-17,20-21H2,1-3H3,(H,39,47)(H,40,48)(H,42,44);6-10,15,18,20H,4-5,11-14,16-17H2,1-3H3,(H,33,40)(H,34,41)(H,36,38);1-5,10-11H. The number of fused-ring (bicyclic) bond motifs is 2. The van der Waals surface area contributed by atoms with Gasteiger partial charge in [0.1, 0.15) is 46.8 Å². The summed E-state index contributed by atoms with van der Waals surface area (Å²) < 4.78 is 26.5. The lowest BCUT2D eigenvalue weighted by Gasteiger charge is -2.26. The van der Waals surface area contributed by atoms with Crippen molar-refractivity contribution in [3.8, 4) is 22.6 Å². The van der Waals surface area contributed by atoms with Crippen LogP contribution in [0, 0.1) is 0 Å². The van der Waals surface area contributed by atoms with Crippen LogP contribution in [0.2, 0.25) is 0 Å². The van der Waals surface area contributed by atoms with E-state index in [-0.39, 0.29) is 66.3 Å². The largest absolute Gasteiger partial charge is 0.496 e. The lowest BCUT2D eigenvalue weighted by Crippen LogP contribution is -2.30. The second-order valence-corrected chi connectivity index (χ2v) is 25.3. The van der Waals surface area contributed by atoms with Gasteiger partial charge >= 0.3 is 7.12 Å². The number of carbonyl (C=O) groups excluding carboxylic acids is 6. The van der Waals surface area contributed by atoms with Crippen molar-refractivity contribution >= 4 is 98.2 Å². The van der Waals surface area contributed by atoms with Crippen LogP contribution in [0.25, 0.3) is 33.2 Å². The van der Waals surface area contributed by atoms with Gasteiger partial charge in [-0.3, -0.25) is 28.8 Å². The van der Waals surface area contributed by atoms with Gasteiger partial charge in [-0.15, -0.1) is 0 Å². The number of aldehydes is 2. The first-order chi connectivity index (χ1) is 50.6. The summed E-state index contributed by atoms with van der Waals surface area (Å²) in [6, 6.07) is 34.7. The van der Waals surface area contributed by atoms with E-state index < -0.39 is 18.9 Å². The second kappa shape index (κ2) is 36.9. The number of halogens is 1. The van der Waals surface area contributed by atoms with Crippen molar-refractivity contribution in [2.24, 2.45) is 0 Å². The molecule has 0 aliphatic carbocycles. The molecule has 0 saturated carbocycles. The quantitative estimate of drug-likeness (QED) is 0.0185. The van der Waals surface area contributed by atoms with Crippen LogP contribution in [0.4, 0.5) is 11.4 Å². The number of aromatic nitrogens is 8. The fourth-order valence-corrected chi connectivity index (χ4v) is 12.7. The Morgan fingerprint density at radius 1 is 0.538 bits per heavy atom. The summed E-state index contributed by atoms with van der Waals surface area (Å²) in [6.45, 7) is 13.4. The van der Waals surface area contributed by atoms with Crippen LogP contribution in [0.5, 0.6) is 11.5 Å². The molecule has 4 amide bonds. The van der Waals surface area contributed by atoms with E-state index in [0.29, 0.717) is 93.3 Å². The molecule has 2 aliphatic rings. The number of rotatable bonds is 26. The molecule has 4 aromatic carbocycles. The average Bonchev–Trinajstić information content (AvgIpc) is 1.58. The average molecular weight is 1480 g/mol. The summed E-state index contributed by atoms with van der Waals surface area (Å²) >= 11 is 3.46. The zero-order chi connectivity index (χ0) is 73.7. The molecule has 540 valence electrons. The third-order valence-electron chi connectivity index (χ3n) is 17.7. The van der Waals surface area contributed by atoms with E-state index in [1.807, 2.05) is 91.1 Å². The summed E-state index contributed by atoms with van der Waals surface area (Å²) in [5.74, 6) is -0.218. The van der Waals surface area contributed by atoms with E-state index >= 15 is 0 Å². The maximum absolute atomic E-state index is 13.5. The molecule has 104 heavy (non-hydrogen) atoms. The Bertz CT molecular complexity index is 4690. The van der Waals surface area contributed by atoms with Gasteiger partial charge in [0.05, 0.1) is 53.2 Å². The Morgan fingerprint density at radius 3 is 1.38 bits per heavy atom. The van der Waals surface area contributed by atoms with Gasteiger partial charge in [-0.1, -0.05) is 80.6 Å². The first-order valence-electron chi connectivity index (χ1n) is 34.5. The maximum Gasteiger partial charge on any atom is 0.488 e. The fraction of sp³-hybridized carbons (Fsp3) is 0.316. The number of pyridine rings is 4. The molecular weight excluding hydrogens is 1390 g/mol. The minimum atomic E-state index is -1.50. The molecule has 2 saturated heterocycles. The highest BCUT2D eigenvalue weighted by molar-refractivity contribution is 9.10. The van der Waals surface area contributed by atoms with E-state index in [1.165, 1.54) is 12.1 Å². The molecule has 26 nitrogen and oxygen atoms in total. The minimum absolute atomic E-state index is 0.122. The highest BCUT2D eigenvalue weighted by Crippen LogP contribution is 2.35. The number of hydrogen-bond acceptors (Lipinski definition) is 20. The molecule has 6 aromatic heterocycles. The maximum atomic E-state index is 13.5. The van der Waals surface area contributed by atoms with Crippen LogP contribution in [0.15, 0.2) is 138 Å². The molecule has 8 N–H and O–H groups in total. The van der Waals surface area contributed by atoms with Gasteiger partial charge < -0.3 is 60.9 Å². The van der Waals surface area contributed by atoms with E-state index in [4.69, 9.17) is 39.0 Å². The molecule has 0 bridgehead atoms. The molecule has 0 unspecified atom stereocenters. The van der Waals surface area contributed by atoms with Crippen molar-refractivity contribution in [3.63, 3.8) is 0 Å². The van der Waals surface area contributed by atoms with Crippen molar-refractivity contribution in [2.75, 3.05) is 51.3 Å². The van der Waals surface area contributed by atoms with Gasteiger partial charge in [-0.25, -0.2) is 29.3 Å². The van der Waals surface area contributed by atoms with E-state index in [0.717, 1.165) is 115 Å². The van der Waals surface area contributed by atoms with Crippen LogP contribution in [0.3, 0.4) is 0 Å². The normalized spacial score (nSPS) is 12.9. The number of ether oxygens (including phenoxy) is 4. The highest BCUT2D eigenvalue weighted by atomic mass is 79.9. The Balaban J connectivity index is 0.000000196. The Hall–Kier alpha value is -10.8. The number of benzene rings is 4. The highest BCUT2D eigenvalue weighted by Gasteiger charge is 2.26. The number of amides is 4. The predicted octanol–water partition coefficient (Wildman–Crippen LogP) is 9.16. The smallest absolute Gasteiger partial charge is 0.488 e. The molecule has 2 aliphatic heterocycles. The van der Waals surface area contributed by atoms with Crippen molar-refractivity contribution in [3.05, 3.63) is 206 Å². The molecular formula is C76H84BBrN14O12. The van der Waals surface area contributed by atoms with Crippen molar-refractivity contribution < 1.29 is 57.8 Å². The van der Waals surface area contributed by atoms with Gasteiger partial charge in [0.15, 0.2) is 11.3 Å². The second-order valence-electron chi connectivity index (χ2n) is 24.4. The minimum Gasteiger partial charge on any atom is -0.496 e. The van der Waals surface area contributed by atoms with Crippen LogP contribution < -0.4 is 46.8 Å². The summed E-state index contributed by atoms with van der Waals surface area (Å²) in [5.41, 5.74) is 12.3. The van der Waals surface area contributed by atoms with E-state index in [2.05, 4.69) is 74.9 Å². The number of nitrogens with one attached hydrogen (secondary N) is 6. The monoisotopic (exact) mass is 1470 g/mol. The van der Waals surface area contributed by atoms with Gasteiger partial charge in [-0.05, 0) is 145 Å². The number of methoxy groups -OCH3 is 2. The molecule has 12 rings (SSSR count). The zero-order valence-electron chi connectivity index (χ0n) is 58.8. The Labute approximate surface area is 610 Å². The van der Waals surface area contributed by atoms with Gasteiger partial charge in [0.25, 0.3) is 23.6 Å². The lowest BCUT2D eigenvalue weighted by atomic mass is 9.80. The van der Waals surface area contributed by atoms with Crippen molar-refractivity contribution in [1.82, 2.24) is 60.8 Å². The predicted molar refractivity (Wildman–Crippen MR) is 399 cm³/mol. The van der Waals surface area contributed by atoms with Crippen LogP contribution in [-0.4, -0.2) is 146 Å². The van der Waals surface area contributed by atoms with Crippen LogP contribution >= 0.6 is 15.9 Å². The summed E-state index contributed by atoms with van der Waals surface area (Å²) in [4.78, 5) is 93.0. The Morgan fingerprint density at radius 2 is 0.962 bits per heavy atom.